The Kier molecular flexibility index (Phi) is 4.71. The summed E-state index contributed by atoms with van der Waals surface area (Å²) in [5.74, 6) is -0.121. The number of aliphatic hydroxyl groups excluding tert-OH is 1. The number of hydrazone groups is 1. The smallest absolute Gasteiger partial charge is 0.267 e. The lowest BCUT2D eigenvalue weighted by molar-refractivity contribution is -0.121. The molecule has 122 valence electrons. The van der Waals surface area contributed by atoms with E-state index in [0.717, 1.165) is 12.0 Å². The van der Waals surface area contributed by atoms with Crippen LogP contribution in [0.25, 0.3) is 0 Å². The van der Waals surface area contributed by atoms with Crippen LogP contribution in [0.3, 0.4) is 0 Å². The summed E-state index contributed by atoms with van der Waals surface area (Å²) in [5, 5.41) is 16.4. The minimum Gasteiger partial charge on any atom is -0.393 e. The lowest BCUT2D eigenvalue weighted by Crippen LogP contribution is -2.50. The zero-order chi connectivity index (χ0) is 16.2. The van der Waals surface area contributed by atoms with Crippen LogP contribution in [-0.2, 0) is 16.0 Å². The molecule has 1 aromatic rings. The monoisotopic (exact) mass is 315 g/mol. The van der Waals surface area contributed by atoms with E-state index in [-0.39, 0.29) is 36.3 Å². The van der Waals surface area contributed by atoms with E-state index in [2.05, 4.69) is 15.8 Å². The molecule has 2 amide bonds. The van der Waals surface area contributed by atoms with Gasteiger partial charge in [0.1, 0.15) is 5.71 Å². The maximum absolute atomic E-state index is 12.4. The molecule has 1 aliphatic heterocycles. The topological polar surface area (TPSA) is 90.8 Å². The van der Waals surface area contributed by atoms with Crippen LogP contribution in [0.15, 0.2) is 35.4 Å². The van der Waals surface area contributed by atoms with Crippen molar-refractivity contribution in [1.29, 1.82) is 0 Å². The van der Waals surface area contributed by atoms with Crippen molar-refractivity contribution in [2.45, 2.75) is 44.2 Å². The van der Waals surface area contributed by atoms with Gasteiger partial charge in [0.15, 0.2) is 0 Å². The third-order valence-corrected chi connectivity index (χ3v) is 4.50. The molecule has 0 saturated heterocycles. The number of amides is 2. The highest BCUT2D eigenvalue weighted by Gasteiger charge is 2.35. The van der Waals surface area contributed by atoms with E-state index in [9.17, 15) is 14.7 Å². The van der Waals surface area contributed by atoms with Gasteiger partial charge in [-0.05, 0) is 30.7 Å². The van der Waals surface area contributed by atoms with Crippen LogP contribution in [-0.4, -0.2) is 34.8 Å². The van der Waals surface area contributed by atoms with Crippen molar-refractivity contribution in [3.63, 3.8) is 0 Å². The zero-order valence-electron chi connectivity index (χ0n) is 12.9. The largest absolute Gasteiger partial charge is 0.393 e. The normalized spacial score (nSPS) is 24.9. The van der Waals surface area contributed by atoms with Gasteiger partial charge >= 0.3 is 0 Å². The lowest BCUT2D eigenvalue weighted by Gasteiger charge is -2.38. The molecule has 0 spiro atoms. The molecule has 0 aromatic heterocycles. The molecule has 6 nitrogen and oxygen atoms in total. The van der Waals surface area contributed by atoms with E-state index >= 15 is 0 Å². The van der Waals surface area contributed by atoms with E-state index in [4.69, 9.17) is 0 Å². The number of hydrogen-bond acceptors (Lipinski definition) is 4. The molecule has 0 radical (unpaired) electrons. The summed E-state index contributed by atoms with van der Waals surface area (Å²) in [4.78, 5) is 23.5. The van der Waals surface area contributed by atoms with Crippen molar-refractivity contribution in [3.05, 3.63) is 35.9 Å². The van der Waals surface area contributed by atoms with Crippen molar-refractivity contribution in [2.24, 2.45) is 11.0 Å². The van der Waals surface area contributed by atoms with Gasteiger partial charge < -0.3 is 10.4 Å². The van der Waals surface area contributed by atoms with E-state index < -0.39 is 0 Å². The van der Waals surface area contributed by atoms with Crippen LogP contribution in [0.1, 0.15) is 31.2 Å². The van der Waals surface area contributed by atoms with Gasteiger partial charge in [-0.3, -0.25) is 9.59 Å². The van der Waals surface area contributed by atoms with Crippen LogP contribution in [0, 0.1) is 5.92 Å². The summed E-state index contributed by atoms with van der Waals surface area (Å²) in [6, 6.07) is 9.95. The maximum Gasteiger partial charge on any atom is 0.267 e. The van der Waals surface area contributed by atoms with E-state index in [1.54, 1.807) is 0 Å². The predicted molar refractivity (Wildman–Crippen MR) is 85.6 cm³/mol. The van der Waals surface area contributed by atoms with Gasteiger partial charge in [-0.15, -0.1) is 0 Å². The first kappa shape index (κ1) is 15.7. The number of aliphatic hydroxyl groups is 1. The molecule has 2 aliphatic rings. The Morgan fingerprint density at radius 2 is 2.04 bits per heavy atom. The summed E-state index contributed by atoms with van der Waals surface area (Å²) in [5.41, 5.74) is 3.86. The van der Waals surface area contributed by atoms with Gasteiger partial charge in [0.2, 0.25) is 5.91 Å². The number of hydrogen-bond donors (Lipinski definition) is 3. The number of carbonyl (C=O) groups excluding carboxylic acids is 2. The fraction of sp³-hybridized carbons (Fsp3) is 0.471. The average molecular weight is 315 g/mol. The highest BCUT2D eigenvalue weighted by atomic mass is 16.3. The first-order valence-electron chi connectivity index (χ1n) is 8.00. The summed E-state index contributed by atoms with van der Waals surface area (Å²) in [7, 11) is 0. The van der Waals surface area contributed by atoms with Gasteiger partial charge in [-0.25, -0.2) is 5.43 Å². The van der Waals surface area contributed by atoms with Crippen molar-refractivity contribution in [3.8, 4) is 0 Å². The quantitative estimate of drug-likeness (QED) is 0.749. The second kappa shape index (κ2) is 6.91. The molecule has 3 rings (SSSR count). The van der Waals surface area contributed by atoms with Gasteiger partial charge in [0.05, 0.1) is 6.10 Å². The average Bonchev–Trinajstić information content (AvgIpc) is 2.53. The number of benzene rings is 1. The van der Waals surface area contributed by atoms with Gasteiger partial charge in [0, 0.05) is 18.9 Å². The predicted octanol–water partition coefficient (Wildman–Crippen LogP) is 0.751. The summed E-state index contributed by atoms with van der Waals surface area (Å²) in [6.07, 6.45) is 2.54. The zero-order valence-corrected chi connectivity index (χ0v) is 12.9. The Morgan fingerprint density at radius 3 is 2.65 bits per heavy atom. The van der Waals surface area contributed by atoms with Crippen molar-refractivity contribution >= 4 is 17.5 Å². The molecule has 0 bridgehead atoms. The molecule has 3 N–H and O–H groups in total. The third kappa shape index (κ3) is 3.96. The molecule has 1 heterocycles. The van der Waals surface area contributed by atoms with Crippen molar-refractivity contribution in [1.82, 2.24) is 10.7 Å². The number of nitrogens with zero attached hydrogens (tertiary/aromatic N) is 1. The standard InChI is InChI=1S/C17H21N3O3/c21-13-9-12(10-13)15(8-11-4-2-1-3-5-11)18-17(23)14-6-7-16(22)20-19-14/h1-5,12-13,15,21H,6-10H2,(H,18,23)(H,20,22)/t12?,13?,15-/m0/s1. The fourth-order valence-corrected chi connectivity index (χ4v) is 3.05. The molecule has 6 heteroatoms. The molecular formula is C17H21N3O3. The number of nitrogens with one attached hydrogen (secondary N) is 2. The second-order valence-electron chi connectivity index (χ2n) is 6.25. The van der Waals surface area contributed by atoms with Gasteiger partial charge in [-0.1, -0.05) is 30.3 Å². The van der Waals surface area contributed by atoms with Crippen LogP contribution >= 0.6 is 0 Å². The Hall–Kier alpha value is -2.21. The minimum atomic E-state index is -0.263. The molecule has 1 atom stereocenters. The summed E-state index contributed by atoms with van der Waals surface area (Å²) >= 11 is 0. The van der Waals surface area contributed by atoms with Crippen LogP contribution < -0.4 is 10.7 Å². The molecule has 23 heavy (non-hydrogen) atoms. The molecule has 1 aromatic carbocycles. The van der Waals surface area contributed by atoms with E-state index in [1.807, 2.05) is 30.3 Å². The van der Waals surface area contributed by atoms with Crippen LogP contribution in [0.2, 0.25) is 0 Å². The minimum absolute atomic E-state index is 0.0337. The molecule has 1 aliphatic carbocycles. The van der Waals surface area contributed by atoms with Crippen LogP contribution in [0.4, 0.5) is 0 Å². The Labute approximate surface area is 135 Å². The summed E-state index contributed by atoms with van der Waals surface area (Å²) in [6.45, 7) is 0. The van der Waals surface area contributed by atoms with Crippen LogP contribution in [0.5, 0.6) is 0 Å². The Balaban J connectivity index is 1.66. The van der Waals surface area contributed by atoms with Gasteiger partial charge in [-0.2, -0.15) is 5.10 Å². The first-order valence-corrected chi connectivity index (χ1v) is 8.00. The Morgan fingerprint density at radius 1 is 1.30 bits per heavy atom. The fourth-order valence-electron chi connectivity index (χ4n) is 3.05. The first-order chi connectivity index (χ1) is 11.1. The van der Waals surface area contributed by atoms with Crippen molar-refractivity contribution < 1.29 is 14.7 Å². The highest BCUT2D eigenvalue weighted by Crippen LogP contribution is 2.31. The second-order valence-corrected chi connectivity index (χ2v) is 6.25. The third-order valence-electron chi connectivity index (χ3n) is 4.50. The molecule has 0 unspecified atom stereocenters. The number of rotatable bonds is 5. The van der Waals surface area contributed by atoms with Crippen molar-refractivity contribution in [2.75, 3.05) is 0 Å². The molecule has 1 fully saturated rings. The highest BCUT2D eigenvalue weighted by molar-refractivity contribution is 6.39. The lowest BCUT2D eigenvalue weighted by atomic mass is 9.75. The molecular weight excluding hydrogens is 294 g/mol. The van der Waals surface area contributed by atoms with Gasteiger partial charge in [0.25, 0.3) is 5.91 Å². The SMILES string of the molecule is O=C1CCC(C(=O)N[C@@H](Cc2ccccc2)C2CC(O)C2)=NN1. The van der Waals surface area contributed by atoms with E-state index in [0.29, 0.717) is 25.0 Å². The molecule has 1 saturated carbocycles. The maximum atomic E-state index is 12.4. The summed E-state index contributed by atoms with van der Waals surface area (Å²) < 4.78 is 0. The Bertz CT molecular complexity index is 609. The van der Waals surface area contributed by atoms with E-state index in [1.165, 1.54) is 0 Å². The number of carbonyl (C=O) groups is 2.